The van der Waals surface area contributed by atoms with Gasteiger partial charge in [0.15, 0.2) is 0 Å². The third-order valence-corrected chi connectivity index (χ3v) is 4.71. The van der Waals surface area contributed by atoms with Gasteiger partial charge in [-0.3, -0.25) is 4.79 Å². The van der Waals surface area contributed by atoms with Crippen molar-refractivity contribution in [1.82, 2.24) is 4.90 Å². The maximum Gasteiger partial charge on any atom is 0.254 e. The van der Waals surface area contributed by atoms with Gasteiger partial charge in [0.2, 0.25) is 0 Å². The number of ether oxygens (including phenoxy) is 1. The molecule has 126 valence electrons. The van der Waals surface area contributed by atoms with E-state index >= 15 is 0 Å². The number of benzene rings is 2. The molecule has 0 saturated carbocycles. The number of para-hydroxylation sites is 1. The molecule has 0 bridgehead atoms. The van der Waals surface area contributed by atoms with Gasteiger partial charge in [0.05, 0.1) is 6.10 Å². The topological polar surface area (TPSA) is 49.8 Å². The highest BCUT2D eigenvalue weighted by Crippen LogP contribution is 2.22. The highest BCUT2D eigenvalue weighted by Gasteiger charge is 2.24. The van der Waals surface area contributed by atoms with E-state index in [1.54, 1.807) is 29.2 Å². The minimum atomic E-state index is -0.0544. The third-order valence-electron chi connectivity index (χ3n) is 4.18. The summed E-state index contributed by atoms with van der Waals surface area (Å²) in [5.74, 6) is 0.152. The second-order valence-electron chi connectivity index (χ2n) is 5.96. The van der Waals surface area contributed by atoms with Gasteiger partial charge in [-0.25, -0.2) is 0 Å². The number of aromatic hydroxyl groups is 1. The van der Waals surface area contributed by atoms with E-state index in [1.807, 2.05) is 24.3 Å². The molecule has 1 fully saturated rings. The van der Waals surface area contributed by atoms with Crippen LogP contribution in [0.3, 0.4) is 0 Å². The quantitative estimate of drug-likeness (QED) is 0.841. The van der Waals surface area contributed by atoms with Crippen molar-refractivity contribution in [3.05, 3.63) is 64.1 Å². The van der Waals surface area contributed by atoms with Crippen LogP contribution in [0.5, 0.6) is 5.75 Å². The average Bonchev–Trinajstić information content (AvgIpc) is 3.09. The lowest BCUT2D eigenvalue weighted by atomic mass is 10.1. The Bertz CT molecular complexity index is 696. The number of halogens is 1. The summed E-state index contributed by atoms with van der Waals surface area (Å²) in [6.45, 7) is 1.65. The number of amides is 1. The lowest BCUT2D eigenvalue weighted by molar-refractivity contribution is 0.0506. The molecule has 1 aliphatic heterocycles. The van der Waals surface area contributed by atoms with Gasteiger partial charge in [-0.05, 0) is 43.2 Å². The summed E-state index contributed by atoms with van der Waals surface area (Å²) in [4.78, 5) is 14.7. The molecule has 0 radical (unpaired) electrons. The van der Waals surface area contributed by atoms with Crippen molar-refractivity contribution in [2.75, 3.05) is 13.2 Å². The number of carbonyl (C=O) groups is 1. The lowest BCUT2D eigenvalue weighted by Gasteiger charge is -2.26. The number of phenols is 1. The molecule has 0 aliphatic carbocycles. The van der Waals surface area contributed by atoms with Crippen LogP contribution in [0.2, 0.25) is 0 Å². The predicted octanol–water partition coefficient (Wildman–Crippen LogP) is 3.98. The van der Waals surface area contributed by atoms with Crippen LogP contribution in [0.4, 0.5) is 0 Å². The number of hydrogen-bond donors (Lipinski definition) is 1. The maximum absolute atomic E-state index is 12.9. The zero-order valence-electron chi connectivity index (χ0n) is 13.3. The van der Waals surface area contributed by atoms with Crippen LogP contribution in [0.25, 0.3) is 0 Å². The van der Waals surface area contributed by atoms with Crippen LogP contribution < -0.4 is 0 Å². The average molecular weight is 390 g/mol. The molecule has 2 aromatic carbocycles. The molecule has 0 aromatic heterocycles. The Kier molecular flexibility index (Phi) is 5.53. The minimum Gasteiger partial charge on any atom is -0.508 e. The van der Waals surface area contributed by atoms with Gasteiger partial charge in [0, 0.05) is 35.3 Å². The van der Waals surface area contributed by atoms with E-state index in [0.29, 0.717) is 18.7 Å². The van der Waals surface area contributed by atoms with Crippen molar-refractivity contribution in [3.63, 3.8) is 0 Å². The van der Waals surface area contributed by atoms with Crippen LogP contribution in [0, 0.1) is 0 Å². The fraction of sp³-hybridized carbons (Fsp3) is 0.316. The van der Waals surface area contributed by atoms with Gasteiger partial charge in [0.1, 0.15) is 5.75 Å². The zero-order valence-corrected chi connectivity index (χ0v) is 14.9. The Morgan fingerprint density at radius 3 is 2.62 bits per heavy atom. The molecule has 2 aromatic rings. The highest BCUT2D eigenvalue weighted by molar-refractivity contribution is 9.10. The smallest absolute Gasteiger partial charge is 0.254 e. The van der Waals surface area contributed by atoms with Crippen LogP contribution in [-0.2, 0) is 11.3 Å². The van der Waals surface area contributed by atoms with E-state index in [9.17, 15) is 9.90 Å². The Labute approximate surface area is 150 Å². The summed E-state index contributed by atoms with van der Waals surface area (Å²) in [5.41, 5.74) is 1.37. The van der Waals surface area contributed by atoms with Gasteiger partial charge in [-0.1, -0.05) is 34.1 Å². The predicted molar refractivity (Wildman–Crippen MR) is 96.0 cm³/mol. The molecule has 3 rings (SSSR count). The van der Waals surface area contributed by atoms with Crippen LogP contribution in [-0.4, -0.2) is 35.2 Å². The first-order chi connectivity index (χ1) is 11.6. The first-order valence-electron chi connectivity index (χ1n) is 8.07. The van der Waals surface area contributed by atoms with Crippen molar-refractivity contribution in [2.45, 2.75) is 25.5 Å². The van der Waals surface area contributed by atoms with Crippen LogP contribution in [0.1, 0.15) is 28.8 Å². The normalized spacial score (nSPS) is 17.0. The summed E-state index contributed by atoms with van der Waals surface area (Å²) in [5, 5.41) is 10.0. The second kappa shape index (κ2) is 7.81. The van der Waals surface area contributed by atoms with E-state index < -0.39 is 0 Å². The minimum absolute atomic E-state index is 0.0544. The summed E-state index contributed by atoms with van der Waals surface area (Å²) < 4.78 is 6.63. The molecule has 1 heterocycles. The largest absolute Gasteiger partial charge is 0.508 e. The number of rotatable bonds is 5. The summed E-state index contributed by atoms with van der Waals surface area (Å²) >= 11 is 3.39. The molecule has 24 heavy (non-hydrogen) atoms. The van der Waals surface area contributed by atoms with Gasteiger partial charge in [-0.2, -0.15) is 0 Å². The first-order valence-corrected chi connectivity index (χ1v) is 8.86. The Morgan fingerprint density at radius 2 is 1.96 bits per heavy atom. The number of nitrogens with zero attached hydrogens (tertiary/aromatic N) is 1. The molecule has 1 amide bonds. The van der Waals surface area contributed by atoms with E-state index in [-0.39, 0.29) is 17.8 Å². The Morgan fingerprint density at radius 1 is 1.21 bits per heavy atom. The highest BCUT2D eigenvalue weighted by atomic mass is 79.9. The SMILES string of the molecule is O=C(c1ccc(Br)cc1)N(Cc1ccccc1O)CC1CCCO1. The summed E-state index contributed by atoms with van der Waals surface area (Å²) in [6, 6.07) is 14.5. The van der Waals surface area contributed by atoms with Gasteiger partial charge in [0.25, 0.3) is 5.91 Å². The molecule has 1 saturated heterocycles. The molecule has 1 N–H and O–H groups in total. The molecule has 1 unspecified atom stereocenters. The summed E-state index contributed by atoms with van der Waals surface area (Å²) in [7, 11) is 0. The molecule has 1 atom stereocenters. The number of phenolic OH excluding ortho intramolecular Hbond substituents is 1. The maximum atomic E-state index is 12.9. The molecular weight excluding hydrogens is 370 g/mol. The van der Waals surface area contributed by atoms with E-state index in [2.05, 4.69) is 15.9 Å². The van der Waals surface area contributed by atoms with Crippen molar-refractivity contribution in [2.24, 2.45) is 0 Å². The molecule has 1 aliphatic rings. The summed E-state index contributed by atoms with van der Waals surface area (Å²) in [6.07, 6.45) is 2.06. The van der Waals surface area contributed by atoms with Gasteiger partial charge < -0.3 is 14.7 Å². The van der Waals surface area contributed by atoms with Gasteiger partial charge in [-0.15, -0.1) is 0 Å². The molecular formula is C19H20BrNO3. The first kappa shape index (κ1) is 17.0. The van der Waals surface area contributed by atoms with E-state index in [4.69, 9.17) is 4.74 Å². The Balaban J connectivity index is 1.81. The standard InChI is InChI=1S/C19H20BrNO3/c20-16-9-7-14(8-10-16)19(23)21(13-17-5-3-11-24-17)12-15-4-1-2-6-18(15)22/h1-2,4,6-10,17,22H,3,5,11-13H2. The zero-order chi connectivity index (χ0) is 16.9. The van der Waals surface area contributed by atoms with Crippen LogP contribution >= 0.6 is 15.9 Å². The monoisotopic (exact) mass is 389 g/mol. The Hall–Kier alpha value is -1.85. The fourth-order valence-corrected chi connectivity index (χ4v) is 3.14. The fourth-order valence-electron chi connectivity index (χ4n) is 2.88. The molecule has 5 heteroatoms. The van der Waals surface area contributed by atoms with Crippen molar-refractivity contribution in [1.29, 1.82) is 0 Å². The second-order valence-corrected chi connectivity index (χ2v) is 6.87. The van der Waals surface area contributed by atoms with Crippen molar-refractivity contribution >= 4 is 21.8 Å². The van der Waals surface area contributed by atoms with Crippen molar-refractivity contribution < 1.29 is 14.6 Å². The molecule has 4 nitrogen and oxygen atoms in total. The number of hydrogen-bond acceptors (Lipinski definition) is 3. The van der Waals surface area contributed by atoms with Crippen molar-refractivity contribution in [3.8, 4) is 5.75 Å². The van der Waals surface area contributed by atoms with Gasteiger partial charge >= 0.3 is 0 Å². The van der Waals surface area contributed by atoms with E-state index in [0.717, 1.165) is 29.5 Å². The number of carbonyl (C=O) groups excluding carboxylic acids is 1. The third kappa shape index (κ3) is 4.16. The molecule has 0 spiro atoms. The lowest BCUT2D eigenvalue weighted by Crippen LogP contribution is -2.37. The van der Waals surface area contributed by atoms with E-state index in [1.165, 1.54) is 0 Å². The van der Waals surface area contributed by atoms with Crippen LogP contribution in [0.15, 0.2) is 53.0 Å².